The number of nitrogens with one attached hydrogen (secondary N) is 3. The van der Waals surface area contributed by atoms with Gasteiger partial charge in [0.25, 0.3) is 0 Å². The number of phenolic OH excluding ortho intramolecular Hbond substituents is 1. The van der Waals surface area contributed by atoms with Gasteiger partial charge >= 0.3 is 0 Å². The Morgan fingerprint density at radius 3 is 2.70 bits per heavy atom. The van der Waals surface area contributed by atoms with Crippen LogP contribution in [0.25, 0.3) is 33.1 Å². The zero-order chi connectivity index (χ0) is 22.4. The van der Waals surface area contributed by atoms with E-state index in [9.17, 15) is 5.11 Å². The highest BCUT2D eigenvalue weighted by molar-refractivity contribution is 5.98. The van der Waals surface area contributed by atoms with E-state index in [-0.39, 0.29) is 11.9 Å². The van der Waals surface area contributed by atoms with Crippen molar-refractivity contribution in [3.8, 4) is 22.8 Å². The summed E-state index contributed by atoms with van der Waals surface area (Å²) in [5, 5.41) is 22.1. The van der Waals surface area contributed by atoms with E-state index in [1.807, 2.05) is 43.6 Å². The number of aryl methyl sites for hydroxylation is 1. The average Bonchev–Trinajstić information content (AvgIpc) is 3.57. The van der Waals surface area contributed by atoms with E-state index in [0.29, 0.717) is 17.5 Å². The summed E-state index contributed by atoms with van der Waals surface area (Å²) in [5.74, 6) is 1.27. The van der Waals surface area contributed by atoms with E-state index < -0.39 is 0 Å². The van der Waals surface area contributed by atoms with Crippen LogP contribution >= 0.6 is 0 Å². The predicted molar refractivity (Wildman–Crippen MR) is 128 cm³/mol. The van der Waals surface area contributed by atoms with E-state index in [1.54, 1.807) is 12.1 Å². The second kappa shape index (κ2) is 7.81. The summed E-state index contributed by atoms with van der Waals surface area (Å²) < 4.78 is 6.42. The zero-order valence-corrected chi connectivity index (χ0v) is 18.2. The van der Waals surface area contributed by atoms with Gasteiger partial charge in [0.1, 0.15) is 17.5 Å². The fourth-order valence-electron chi connectivity index (χ4n) is 4.59. The summed E-state index contributed by atoms with van der Waals surface area (Å²) in [6.07, 6.45) is 8.30. The van der Waals surface area contributed by atoms with Crippen molar-refractivity contribution in [3.63, 3.8) is 0 Å². The Labute approximate surface area is 190 Å². The molecule has 0 spiro atoms. The van der Waals surface area contributed by atoms with Gasteiger partial charge in [-0.15, -0.1) is 0 Å². The van der Waals surface area contributed by atoms with Gasteiger partial charge in [-0.1, -0.05) is 12.1 Å². The fraction of sp³-hybridized carbons (Fsp3) is 0.240. The van der Waals surface area contributed by atoms with E-state index >= 15 is 0 Å². The highest BCUT2D eigenvalue weighted by Gasteiger charge is 2.22. The highest BCUT2D eigenvalue weighted by atomic mass is 16.5. The molecule has 2 aromatic carbocycles. The third-order valence-corrected chi connectivity index (χ3v) is 6.40. The van der Waals surface area contributed by atoms with Crippen molar-refractivity contribution >= 4 is 33.6 Å². The van der Waals surface area contributed by atoms with Crippen LogP contribution in [0.15, 0.2) is 48.8 Å². The van der Waals surface area contributed by atoms with Crippen molar-refractivity contribution in [2.24, 2.45) is 0 Å². The smallest absolute Gasteiger partial charge is 0.232 e. The van der Waals surface area contributed by atoms with Crippen molar-refractivity contribution < 1.29 is 9.84 Å². The number of aromatic nitrogens is 5. The first-order valence-electron chi connectivity index (χ1n) is 11.2. The Hall–Kier alpha value is -4.07. The molecule has 33 heavy (non-hydrogen) atoms. The molecule has 1 aliphatic carbocycles. The number of aromatic amines is 2. The van der Waals surface area contributed by atoms with Gasteiger partial charge in [-0.3, -0.25) is 5.10 Å². The van der Waals surface area contributed by atoms with Gasteiger partial charge in [0.15, 0.2) is 0 Å². The summed E-state index contributed by atoms with van der Waals surface area (Å²) in [6.45, 7) is 2.05. The molecule has 1 saturated carbocycles. The average molecular weight is 441 g/mol. The quantitative estimate of drug-likeness (QED) is 0.284. The van der Waals surface area contributed by atoms with Crippen molar-refractivity contribution in [1.29, 1.82) is 0 Å². The minimum atomic E-state index is 0.155. The van der Waals surface area contributed by atoms with Crippen molar-refractivity contribution in [3.05, 3.63) is 54.4 Å². The molecule has 166 valence electrons. The molecule has 0 amide bonds. The summed E-state index contributed by atoms with van der Waals surface area (Å²) in [5.41, 5.74) is 5.58. The first-order valence-corrected chi connectivity index (χ1v) is 11.2. The SMILES string of the molecule is Cc1c(Nc2nc(OC3CCCC3)c3c(-c4ccc(O)cc4)c[nH]c3n2)ccc2[nH]ncc12. The molecule has 0 bridgehead atoms. The van der Waals surface area contributed by atoms with Crippen LogP contribution in [0.1, 0.15) is 31.2 Å². The van der Waals surface area contributed by atoms with Gasteiger partial charge in [0, 0.05) is 22.8 Å². The number of phenols is 1. The maximum atomic E-state index is 9.69. The van der Waals surface area contributed by atoms with Crippen LogP contribution in [0.4, 0.5) is 11.6 Å². The van der Waals surface area contributed by atoms with Crippen LogP contribution in [-0.2, 0) is 0 Å². The van der Waals surface area contributed by atoms with E-state index in [0.717, 1.165) is 51.5 Å². The van der Waals surface area contributed by atoms with Crippen molar-refractivity contribution in [1.82, 2.24) is 25.1 Å². The Morgan fingerprint density at radius 1 is 1.06 bits per heavy atom. The number of rotatable bonds is 5. The second-order valence-electron chi connectivity index (χ2n) is 8.54. The van der Waals surface area contributed by atoms with Crippen LogP contribution in [-0.4, -0.2) is 36.4 Å². The molecule has 3 aromatic heterocycles. The lowest BCUT2D eigenvalue weighted by Gasteiger charge is -2.15. The van der Waals surface area contributed by atoms with Gasteiger partial charge in [-0.05, 0) is 68.0 Å². The molecule has 4 N–H and O–H groups in total. The molecule has 8 heteroatoms. The van der Waals surface area contributed by atoms with E-state index in [2.05, 4.69) is 20.5 Å². The Kier molecular flexibility index (Phi) is 4.64. The largest absolute Gasteiger partial charge is 0.508 e. The number of aromatic hydroxyl groups is 1. The number of benzene rings is 2. The molecule has 0 unspecified atom stereocenters. The molecule has 8 nitrogen and oxygen atoms in total. The van der Waals surface area contributed by atoms with Crippen molar-refractivity contribution in [2.45, 2.75) is 38.7 Å². The molecule has 1 aliphatic rings. The zero-order valence-electron chi connectivity index (χ0n) is 18.2. The molecule has 0 radical (unpaired) electrons. The fourth-order valence-corrected chi connectivity index (χ4v) is 4.59. The predicted octanol–water partition coefficient (Wildman–Crippen LogP) is 5.58. The Balaban J connectivity index is 1.45. The topological polar surface area (TPSA) is 112 Å². The molecule has 3 heterocycles. The van der Waals surface area contributed by atoms with Gasteiger partial charge in [-0.2, -0.15) is 15.1 Å². The summed E-state index contributed by atoms with van der Waals surface area (Å²) in [6, 6.07) is 11.1. The number of hydrogen-bond donors (Lipinski definition) is 4. The molecule has 0 aliphatic heterocycles. The molecular weight excluding hydrogens is 416 g/mol. The lowest BCUT2D eigenvalue weighted by molar-refractivity contribution is 0.204. The normalized spacial score (nSPS) is 14.3. The molecule has 1 fully saturated rings. The summed E-state index contributed by atoms with van der Waals surface area (Å²) in [4.78, 5) is 12.8. The monoisotopic (exact) mass is 440 g/mol. The van der Waals surface area contributed by atoms with Crippen LogP contribution in [0.2, 0.25) is 0 Å². The van der Waals surface area contributed by atoms with Crippen LogP contribution in [0.5, 0.6) is 11.6 Å². The maximum absolute atomic E-state index is 9.69. The van der Waals surface area contributed by atoms with Gasteiger partial charge in [-0.25, -0.2) is 0 Å². The number of hydrogen-bond acceptors (Lipinski definition) is 6. The van der Waals surface area contributed by atoms with Crippen LogP contribution in [0.3, 0.4) is 0 Å². The Bertz CT molecular complexity index is 1450. The highest BCUT2D eigenvalue weighted by Crippen LogP contribution is 2.37. The lowest BCUT2D eigenvalue weighted by Crippen LogP contribution is -2.13. The first-order chi connectivity index (χ1) is 16.2. The standard InChI is InChI=1S/C25H24N6O2/c1-14-18-13-27-31-21(18)11-10-20(14)28-25-29-23-22(24(30-25)33-17-4-2-3-5-17)19(12-26-23)15-6-8-16(32)9-7-15/h6-13,17,32H,2-5H2,1H3,(H,27,31)(H2,26,28,29,30). The maximum Gasteiger partial charge on any atom is 0.232 e. The first kappa shape index (κ1) is 19.6. The van der Waals surface area contributed by atoms with Crippen molar-refractivity contribution in [2.75, 3.05) is 5.32 Å². The number of fused-ring (bicyclic) bond motifs is 2. The third kappa shape index (κ3) is 3.53. The van der Waals surface area contributed by atoms with Crippen LogP contribution < -0.4 is 10.1 Å². The molecule has 5 aromatic rings. The second-order valence-corrected chi connectivity index (χ2v) is 8.54. The summed E-state index contributed by atoms with van der Waals surface area (Å²) >= 11 is 0. The van der Waals surface area contributed by atoms with Gasteiger partial charge in [0.05, 0.1) is 17.1 Å². The molecule has 6 rings (SSSR count). The molecule has 0 saturated heterocycles. The number of ether oxygens (including phenoxy) is 1. The van der Waals surface area contributed by atoms with Gasteiger partial charge < -0.3 is 20.1 Å². The van der Waals surface area contributed by atoms with E-state index in [4.69, 9.17) is 14.7 Å². The number of nitrogens with zero attached hydrogens (tertiary/aromatic N) is 3. The molecule has 0 atom stereocenters. The Morgan fingerprint density at radius 2 is 1.88 bits per heavy atom. The van der Waals surface area contributed by atoms with E-state index in [1.165, 1.54) is 12.8 Å². The molecular formula is C25H24N6O2. The summed E-state index contributed by atoms with van der Waals surface area (Å²) in [7, 11) is 0. The third-order valence-electron chi connectivity index (χ3n) is 6.40. The van der Waals surface area contributed by atoms with Crippen LogP contribution in [0, 0.1) is 6.92 Å². The lowest BCUT2D eigenvalue weighted by atomic mass is 10.1. The number of anilines is 2. The number of H-pyrrole nitrogens is 2. The minimum absolute atomic E-state index is 0.155. The van der Waals surface area contributed by atoms with Gasteiger partial charge in [0.2, 0.25) is 11.8 Å². The minimum Gasteiger partial charge on any atom is -0.508 e.